The number of rotatable bonds is 3. The van der Waals surface area contributed by atoms with Crippen LogP contribution in [0.5, 0.6) is 0 Å². The van der Waals surface area contributed by atoms with Crippen LogP contribution in [0.25, 0.3) is 11.2 Å². The Morgan fingerprint density at radius 2 is 2.05 bits per heavy atom. The van der Waals surface area contributed by atoms with Crippen LogP contribution in [-0.2, 0) is 4.74 Å². The fourth-order valence-electron chi connectivity index (χ4n) is 1.98. The first-order valence-corrected chi connectivity index (χ1v) is 6.19. The number of benzene rings is 1. The number of halogens is 1. The lowest BCUT2D eigenvalue weighted by molar-refractivity contribution is 0.0518. The van der Waals surface area contributed by atoms with Gasteiger partial charge in [0.2, 0.25) is 0 Å². The quantitative estimate of drug-likeness (QED) is 0.689. The van der Waals surface area contributed by atoms with E-state index in [2.05, 4.69) is 5.10 Å². The van der Waals surface area contributed by atoms with Gasteiger partial charge < -0.3 is 4.74 Å². The van der Waals surface area contributed by atoms with Gasteiger partial charge in [0, 0.05) is 12.3 Å². The van der Waals surface area contributed by atoms with Gasteiger partial charge in [-0.15, -0.1) is 5.10 Å². The molecule has 0 aliphatic heterocycles. The molecule has 0 aliphatic carbocycles. The van der Waals surface area contributed by atoms with Crippen molar-refractivity contribution < 1.29 is 13.9 Å². The second-order valence-electron chi connectivity index (χ2n) is 4.20. The average Bonchev–Trinajstić information content (AvgIpc) is 3.00. The van der Waals surface area contributed by atoms with Crippen molar-refractivity contribution in [3.05, 3.63) is 54.1 Å². The van der Waals surface area contributed by atoms with E-state index in [0.29, 0.717) is 6.61 Å². The molecule has 3 aromatic rings. The minimum atomic E-state index is -0.457. The molecule has 0 bridgehead atoms. The number of fused-ring (bicyclic) bond motifs is 1. The highest BCUT2D eigenvalue weighted by Crippen LogP contribution is 2.14. The van der Waals surface area contributed by atoms with E-state index in [1.165, 1.54) is 12.1 Å². The number of carbonyl (C=O) groups excluding carboxylic acids is 1. The third-order valence-electron chi connectivity index (χ3n) is 2.88. The Morgan fingerprint density at radius 3 is 2.75 bits per heavy atom. The Labute approximate surface area is 114 Å². The SMILES string of the molecule is CCOC(=O)c1cc2ccn(-c3ccc(F)cc3)n2n1. The first-order valence-electron chi connectivity index (χ1n) is 6.19. The number of carbonyl (C=O) groups is 1. The van der Waals surface area contributed by atoms with Crippen molar-refractivity contribution in [3.8, 4) is 5.69 Å². The zero-order valence-corrected chi connectivity index (χ0v) is 10.8. The van der Waals surface area contributed by atoms with Gasteiger partial charge in [0.05, 0.1) is 17.8 Å². The van der Waals surface area contributed by atoms with Gasteiger partial charge in [-0.1, -0.05) is 0 Å². The van der Waals surface area contributed by atoms with Crippen LogP contribution >= 0.6 is 0 Å². The maximum Gasteiger partial charge on any atom is 0.358 e. The number of esters is 1. The number of hydrogen-bond acceptors (Lipinski definition) is 3. The number of nitrogens with zero attached hydrogens (tertiary/aromatic N) is 3. The van der Waals surface area contributed by atoms with Crippen LogP contribution in [0.1, 0.15) is 17.4 Å². The van der Waals surface area contributed by atoms with Crippen LogP contribution in [0.2, 0.25) is 0 Å². The van der Waals surface area contributed by atoms with E-state index in [0.717, 1.165) is 11.2 Å². The van der Waals surface area contributed by atoms with Gasteiger partial charge in [0.15, 0.2) is 5.69 Å². The van der Waals surface area contributed by atoms with Gasteiger partial charge in [0.1, 0.15) is 5.82 Å². The van der Waals surface area contributed by atoms with Gasteiger partial charge in [-0.25, -0.2) is 13.9 Å². The molecule has 0 saturated heterocycles. The van der Waals surface area contributed by atoms with Crippen molar-refractivity contribution in [2.75, 3.05) is 6.61 Å². The summed E-state index contributed by atoms with van der Waals surface area (Å²) in [5.74, 6) is -0.758. The Hall–Kier alpha value is -2.63. The largest absolute Gasteiger partial charge is 0.461 e. The maximum absolute atomic E-state index is 12.9. The molecule has 0 N–H and O–H groups in total. The summed E-state index contributed by atoms with van der Waals surface area (Å²) in [7, 11) is 0. The second kappa shape index (κ2) is 4.80. The summed E-state index contributed by atoms with van der Waals surface area (Å²) in [5, 5.41) is 4.20. The molecule has 0 radical (unpaired) electrons. The smallest absolute Gasteiger partial charge is 0.358 e. The summed E-state index contributed by atoms with van der Waals surface area (Å²) in [6, 6.07) is 9.49. The lowest BCUT2D eigenvalue weighted by Crippen LogP contribution is -2.08. The highest BCUT2D eigenvalue weighted by molar-refractivity contribution is 5.88. The van der Waals surface area contributed by atoms with Crippen molar-refractivity contribution in [2.45, 2.75) is 6.92 Å². The lowest BCUT2D eigenvalue weighted by Gasteiger charge is -2.04. The molecule has 6 heteroatoms. The van der Waals surface area contributed by atoms with E-state index in [1.54, 1.807) is 40.6 Å². The molecular formula is C14H12FN3O2. The molecule has 20 heavy (non-hydrogen) atoms. The fraction of sp³-hybridized carbons (Fsp3) is 0.143. The number of ether oxygens (including phenoxy) is 1. The summed E-state index contributed by atoms with van der Waals surface area (Å²) in [4.78, 5) is 11.6. The molecule has 3 rings (SSSR count). The first-order chi connectivity index (χ1) is 9.69. The Balaban J connectivity index is 2.04. The molecule has 0 aliphatic rings. The van der Waals surface area contributed by atoms with E-state index >= 15 is 0 Å². The van der Waals surface area contributed by atoms with E-state index in [1.807, 2.05) is 6.07 Å². The molecular weight excluding hydrogens is 261 g/mol. The molecule has 0 amide bonds. The zero-order valence-electron chi connectivity index (χ0n) is 10.8. The summed E-state index contributed by atoms with van der Waals surface area (Å²) in [6.45, 7) is 2.05. The van der Waals surface area contributed by atoms with Crippen LogP contribution in [0, 0.1) is 5.82 Å². The predicted molar refractivity (Wildman–Crippen MR) is 70.4 cm³/mol. The molecule has 2 heterocycles. The Morgan fingerprint density at radius 1 is 1.30 bits per heavy atom. The Bertz CT molecular complexity index is 758. The van der Waals surface area contributed by atoms with Gasteiger partial charge in [-0.2, -0.15) is 4.63 Å². The molecule has 2 aromatic heterocycles. The molecule has 0 atom stereocenters. The van der Waals surface area contributed by atoms with Crippen LogP contribution in [0.15, 0.2) is 42.6 Å². The minimum absolute atomic E-state index is 0.248. The van der Waals surface area contributed by atoms with Gasteiger partial charge >= 0.3 is 5.97 Å². The topological polar surface area (TPSA) is 48.5 Å². The highest BCUT2D eigenvalue weighted by atomic mass is 19.1. The normalized spacial score (nSPS) is 10.9. The third-order valence-corrected chi connectivity index (χ3v) is 2.88. The van der Waals surface area contributed by atoms with E-state index in [9.17, 15) is 9.18 Å². The third kappa shape index (κ3) is 2.05. The Kier molecular flexibility index (Phi) is 2.98. The molecule has 5 nitrogen and oxygen atoms in total. The summed E-state index contributed by atoms with van der Waals surface area (Å²) < 4.78 is 21.1. The lowest BCUT2D eigenvalue weighted by atomic mass is 10.3. The van der Waals surface area contributed by atoms with Crippen molar-refractivity contribution >= 4 is 11.5 Å². The highest BCUT2D eigenvalue weighted by Gasteiger charge is 2.14. The molecule has 0 saturated carbocycles. The minimum Gasteiger partial charge on any atom is -0.461 e. The van der Waals surface area contributed by atoms with E-state index in [-0.39, 0.29) is 11.5 Å². The fourth-order valence-corrected chi connectivity index (χ4v) is 1.98. The summed E-state index contributed by atoms with van der Waals surface area (Å²) in [5.41, 5.74) is 1.76. The maximum atomic E-state index is 12.9. The monoisotopic (exact) mass is 273 g/mol. The first kappa shape index (κ1) is 12.4. The molecule has 0 unspecified atom stereocenters. The predicted octanol–water partition coefficient (Wildman–Crippen LogP) is 2.44. The van der Waals surface area contributed by atoms with Crippen LogP contribution in [0.4, 0.5) is 4.39 Å². The van der Waals surface area contributed by atoms with Gasteiger partial charge in [-0.05, 0) is 37.3 Å². The van der Waals surface area contributed by atoms with Crippen LogP contribution in [0.3, 0.4) is 0 Å². The van der Waals surface area contributed by atoms with E-state index < -0.39 is 5.97 Å². The summed E-state index contributed by atoms with van der Waals surface area (Å²) >= 11 is 0. The zero-order chi connectivity index (χ0) is 14.1. The van der Waals surface area contributed by atoms with Crippen molar-refractivity contribution in [1.82, 2.24) is 14.4 Å². The van der Waals surface area contributed by atoms with Gasteiger partial charge in [0.25, 0.3) is 0 Å². The van der Waals surface area contributed by atoms with Gasteiger partial charge in [-0.3, -0.25) is 0 Å². The van der Waals surface area contributed by atoms with Crippen LogP contribution < -0.4 is 0 Å². The molecule has 1 aromatic carbocycles. The standard InChI is InChI=1S/C14H12FN3O2/c1-2-20-14(19)13-9-12-7-8-17(18(12)16-13)11-5-3-10(15)4-6-11/h3-9H,2H2,1H3. The van der Waals surface area contributed by atoms with Crippen molar-refractivity contribution in [2.24, 2.45) is 0 Å². The van der Waals surface area contributed by atoms with E-state index in [4.69, 9.17) is 4.74 Å². The number of hydrogen-bond donors (Lipinski definition) is 0. The molecule has 102 valence electrons. The summed E-state index contributed by atoms with van der Waals surface area (Å²) in [6.07, 6.45) is 1.80. The second-order valence-corrected chi connectivity index (χ2v) is 4.20. The van der Waals surface area contributed by atoms with Crippen LogP contribution in [-0.4, -0.2) is 27.0 Å². The molecule has 0 spiro atoms. The van der Waals surface area contributed by atoms with Crippen molar-refractivity contribution in [3.63, 3.8) is 0 Å². The average molecular weight is 273 g/mol. The number of aromatic nitrogens is 3. The van der Waals surface area contributed by atoms with Crippen molar-refractivity contribution in [1.29, 1.82) is 0 Å². The molecule has 0 fully saturated rings.